The van der Waals surface area contributed by atoms with Crippen LogP contribution < -0.4 is 25.3 Å². The average Bonchev–Trinajstić information content (AvgIpc) is 2.92. The van der Waals surface area contributed by atoms with E-state index in [1.807, 2.05) is 73.7 Å². The van der Waals surface area contributed by atoms with Crippen molar-refractivity contribution in [2.24, 2.45) is 5.73 Å². The second-order valence-electron chi connectivity index (χ2n) is 8.74. The predicted molar refractivity (Wildman–Crippen MR) is 142 cm³/mol. The van der Waals surface area contributed by atoms with Crippen molar-refractivity contribution in [2.45, 2.75) is 12.8 Å². The number of nitrogens with one attached hydrogen (secondary N) is 1. The summed E-state index contributed by atoms with van der Waals surface area (Å²) in [5.74, 6) is 0.806. The Kier molecular flexibility index (Phi) is 6.40. The van der Waals surface area contributed by atoms with E-state index >= 15 is 0 Å². The smallest absolute Gasteiger partial charge is 0.262 e. The minimum atomic E-state index is -0.453. The number of benzene rings is 4. The van der Waals surface area contributed by atoms with Crippen LogP contribution in [0.2, 0.25) is 0 Å². The zero-order valence-corrected chi connectivity index (χ0v) is 20.4. The van der Waals surface area contributed by atoms with Crippen molar-refractivity contribution in [3.63, 3.8) is 0 Å². The minimum absolute atomic E-state index is 0.0726. The predicted octanol–water partition coefficient (Wildman–Crippen LogP) is 5.39. The van der Waals surface area contributed by atoms with E-state index in [0.717, 1.165) is 27.5 Å². The second-order valence-corrected chi connectivity index (χ2v) is 8.74. The van der Waals surface area contributed by atoms with Gasteiger partial charge >= 0.3 is 0 Å². The van der Waals surface area contributed by atoms with Gasteiger partial charge in [0.15, 0.2) is 18.1 Å². The molecule has 0 aromatic heterocycles. The monoisotopic (exact) mass is 491 g/mol. The van der Waals surface area contributed by atoms with Gasteiger partial charge in [-0.2, -0.15) is 5.26 Å². The fourth-order valence-corrected chi connectivity index (χ4v) is 4.49. The van der Waals surface area contributed by atoms with Gasteiger partial charge in [-0.3, -0.25) is 4.79 Å². The third-order valence-electron chi connectivity index (χ3n) is 6.32. The number of aryl methyl sites for hydroxylation is 1. The lowest BCUT2D eigenvalue weighted by Crippen LogP contribution is -2.21. The summed E-state index contributed by atoms with van der Waals surface area (Å²) < 4.78 is 17.3. The van der Waals surface area contributed by atoms with Crippen LogP contribution in [-0.2, 0) is 4.79 Å². The van der Waals surface area contributed by atoms with Crippen LogP contribution in [0.1, 0.15) is 22.6 Å². The van der Waals surface area contributed by atoms with Crippen LogP contribution in [0.3, 0.4) is 0 Å². The first-order valence-corrected chi connectivity index (χ1v) is 11.7. The van der Waals surface area contributed by atoms with Crippen molar-refractivity contribution in [3.05, 3.63) is 107 Å². The van der Waals surface area contributed by atoms with E-state index < -0.39 is 5.92 Å². The second kappa shape index (κ2) is 9.96. The van der Waals surface area contributed by atoms with Gasteiger partial charge in [-0.15, -0.1) is 0 Å². The molecule has 5 rings (SSSR count). The number of rotatable bonds is 6. The van der Waals surface area contributed by atoms with Crippen LogP contribution in [0.25, 0.3) is 10.8 Å². The number of hydrogen-bond acceptors (Lipinski definition) is 6. The molecule has 4 aromatic carbocycles. The molecule has 0 radical (unpaired) electrons. The summed E-state index contributed by atoms with van der Waals surface area (Å²) in [6.45, 7) is 1.79. The minimum Gasteiger partial charge on any atom is -0.493 e. The van der Waals surface area contributed by atoms with E-state index in [0.29, 0.717) is 28.5 Å². The molecule has 0 bridgehead atoms. The summed E-state index contributed by atoms with van der Waals surface area (Å²) in [7, 11) is 1.53. The third kappa shape index (κ3) is 4.65. The van der Waals surface area contributed by atoms with Gasteiger partial charge in [0.05, 0.1) is 13.0 Å². The van der Waals surface area contributed by atoms with Gasteiger partial charge in [-0.05, 0) is 42.1 Å². The maximum absolute atomic E-state index is 12.4. The van der Waals surface area contributed by atoms with Crippen LogP contribution in [0.5, 0.6) is 17.2 Å². The standard InChI is InChI=1S/C30H25N3O4/c1-18-7-11-21(12-8-18)33-27(34)17-36-25-14-10-20(15-26(25)35-2)28-23-13-9-19-5-3-4-6-22(19)29(23)37-30(32)24(28)16-31/h3-15,28H,17,32H2,1-2H3,(H,33,34)/t28-/m1/s1. The van der Waals surface area contributed by atoms with Gasteiger partial charge in [0.25, 0.3) is 5.91 Å². The maximum atomic E-state index is 12.4. The molecule has 0 saturated carbocycles. The molecular weight excluding hydrogens is 466 g/mol. The highest BCUT2D eigenvalue weighted by Gasteiger charge is 2.32. The molecule has 0 fully saturated rings. The van der Waals surface area contributed by atoms with Crippen LogP contribution in [0.15, 0.2) is 90.3 Å². The number of allylic oxidation sites excluding steroid dienone is 1. The number of nitrogens with two attached hydrogens (primary N) is 1. The zero-order chi connectivity index (χ0) is 25.9. The molecule has 1 heterocycles. The molecule has 7 heteroatoms. The van der Waals surface area contributed by atoms with Gasteiger partial charge in [-0.25, -0.2) is 0 Å². The first-order valence-electron chi connectivity index (χ1n) is 11.7. The Morgan fingerprint density at radius 3 is 2.59 bits per heavy atom. The number of nitrogens with zero attached hydrogens (tertiary/aromatic N) is 1. The van der Waals surface area contributed by atoms with E-state index in [1.54, 1.807) is 12.1 Å². The number of fused-ring (bicyclic) bond motifs is 3. The molecule has 0 aliphatic carbocycles. The van der Waals surface area contributed by atoms with E-state index in [2.05, 4.69) is 11.4 Å². The molecule has 1 aliphatic heterocycles. The lowest BCUT2D eigenvalue weighted by molar-refractivity contribution is -0.118. The maximum Gasteiger partial charge on any atom is 0.262 e. The molecule has 184 valence electrons. The highest BCUT2D eigenvalue weighted by molar-refractivity contribution is 5.92. The van der Waals surface area contributed by atoms with Crippen LogP contribution in [0.4, 0.5) is 5.69 Å². The fraction of sp³-hybridized carbons (Fsp3) is 0.133. The number of carbonyl (C=O) groups is 1. The Bertz CT molecular complexity index is 1570. The normalized spacial score (nSPS) is 14.4. The van der Waals surface area contributed by atoms with Crippen molar-refractivity contribution < 1.29 is 19.0 Å². The summed E-state index contributed by atoms with van der Waals surface area (Å²) in [5, 5.41) is 14.7. The Morgan fingerprint density at radius 2 is 1.84 bits per heavy atom. The number of anilines is 1. The molecule has 7 nitrogen and oxygen atoms in total. The summed E-state index contributed by atoms with van der Waals surface area (Å²) in [5.41, 5.74) is 9.94. The van der Waals surface area contributed by atoms with Crippen LogP contribution in [-0.4, -0.2) is 19.6 Å². The summed E-state index contributed by atoms with van der Waals surface area (Å²) in [6.07, 6.45) is 0. The number of methoxy groups -OCH3 is 1. The molecule has 37 heavy (non-hydrogen) atoms. The van der Waals surface area contributed by atoms with Crippen LogP contribution >= 0.6 is 0 Å². The number of hydrogen-bond donors (Lipinski definition) is 2. The molecule has 1 aliphatic rings. The van der Waals surface area contributed by atoms with Crippen LogP contribution in [0, 0.1) is 18.3 Å². The van der Waals surface area contributed by atoms with Gasteiger partial charge in [0, 0.05) is 16.6 Å². The first-order chi connectivity index (χ1) is 18.0. The molecular formula is C30H25N3O4. The average molecular weight is 492 g/mol. The molecule has 1 atom stereocenters. The Morgan fingerprint density at radius 1 is 1.05 bits per heavy atom. The van der Waals surface area contributed by atoms with E-state index in [1.165, 1.54) is 7.11 Å². The lowest BCUT2D eigenvalue weighted by Gasteiger charge is -2.28. The van der Waals surface area contributed by atoms with Gasteiger partial charge in [0.1, 0.15) is 17.4 Å². The topological polar surface area (TPSA) is 107 Å². The quantitative estimate of drug-likeness (QED) is 0.374. The van der Waals surface area contributed by atoms with Gasteiger partial charge in [0.2, 0.25) is 5.88 Å². The van der Waals surface area contributed by atoms with Crippen molar-refractivity contribution in [3.8, 4) is 23.3 Å². The highest BCUT2D eigenvalue weighted by Crippen LogP contribution is 2.46. The fourth-order valence-electron chi connectivity index (χ4n) is 4.49. The van der Waals surface area contributed by atoms with Crippen molar-refractivity contribution in [2.75, 3.05) is 19.0 Å². The zero-order valence-electron chi connectivity index (χ0n) is 20.4. The van der Waals surface area contributed by atoms with Crippen molar-refractivity contribution >= 4 is 22.4 Å². The number of amides is 1. The third-order valence-corrected chi connectivity index (χ3v) is 6.32. The SMILES string of the molecule is COc1cc([C@H]2C(C#N)=C(N)Oc3c2ccc2ccccc32)ccc1OCC(=O)Nc1ccc(C)cc1. The summed E-state index contributed by atoms with van der Waals surface area (Å²) >= 11 is 0. The summed E-state index contributed by atoms with van der Waals surface area (Å²) in [4.78, 5) is 12.4. The number of nitriles is 1. The van der Waals surface area contributed by atoms with E-state index in [-0.39, 0.29) is 18.4 Å². The van der Waals surface area contributed by atoms with Gasteiger partial charge < -0.3 is 25.3 Å². The summed E-state index contributed by atoms with van der Waals surface area (Å²) in [6, 6.07) is 26.9. The Hall–Kier alpha value is -4.96. The largest absolute Gasteiger partial charge is 0.493 e. The van der Waals surface area contributed by atoms with Crippen molar-refractivity contribution in [1.82, 2.24) is 0 Å². The number of ether oxygens (including phenoxy) is 3. The molecule has 0 unspecified atom stereocenters. The molecule has 1 amide bonds. The molecule has 4 aromatic rings. The molecule has 0 spiro atoms. The van der Waals surface area contributed by atoms with Gasteiger partial charge in [-0.1, -0.05) is 60.2 Å². The number of carbonyl (C=O) groups excluding carboxylic acids is 1. The van der Waals surface area contributed by atoms with E-state index in [9.17, 15) is 10.1 Å². The highest BCUT2D eigenvalue weighted by atomic mass is 16.5. The Balaban J connectivity index is 1.43. The first kappa shape index (κ1) is 23.8. The molecule has 3 N–H and O–H groups in total. The Labute approximate surface area is 214 Å². The van der Waals surface area contributed by atoms with Crippen molar-refractivity contribution in [1.29, 1.82) is 5.26 Å². The van der Waals surface area contributed by atoms with E-state index in [4.69, 9.17) is 19.9 Å². The lowest BCUT2D eigenvalue weighted by atomic mass is 9.82. The molecule has 0 saturated heterocycles.